The minimum atomic E-state index is -0.247. The number of nitrogens with zero attached hydrogens (tertiary/aromatic N) is 1. The van der Waals surface area contributed by atoms with Gasteiger partial charge in [0.05, 0.1) is 14.2 Å². The van der Waals surface area contributed by atoms with Crippen molar-refractivity contribution in [3.63, 3.8) is 0 Å². The number of rotatable bonds is 8. The third kappa shape index (κ3) is 5.29. The van der Waals surface area contributed by atoms with Crippen LogP contribution in [0.15, 0.2) is 36.4 Å². The van der Waals surface area contributed by atoms with Crippen molar-refractivity contribution in [1.82, 2.24) is 5.32 Å². The fraction of sp³-hybridized carbons (Fsp3) is 0.381. The van der Waals surface area contributed by atoms with Gasteiger partial charge in [-0.25, -0.2) is 4.79 Å². The van der Waals surface area contributed by atoms with E-state index in [0.717, 1.165) is 35.6 Å². The second kappa shape index (κ2) is 9.71. The molecule has 0 spiro atoms. The van der Waals surface area contributed by atoms with Gasteiger partial charge in [-0.1, -0.05) is 6.07 Å². The Morgan fingerprint density at radius 2 is 1.70 bits per heavy atom. The van der Waals surface area contributed by atoms with Crippen LogP contribution in [-0.2, 0) is 6.54 Å². The molecule has 6 nitrogen and oxygen atoms in total. The molecular formula is C21H29N3O3. The van der Waals surface area contributed by atoms with E-state index in [1.165, 1.54) is 0 Å². The first kappa shape index (κ1) is 20.4. The Labute approximate surface area is 161 Å². The summed E-state index contributed by atoms with van der Waals surface area (Å²) in [6.07, 6.45) is 0. The fourth-order valence-corrected chi connectivity index (χ4v) is 2.91. The number of anilines is 2. The highest BCUT2D eigenvalue weighted by molar-refractivity contribution is 5.90. The summed E-state index contributed by atoms with van der Waals surface area (Å²) in [6.45, 7) is 8.56. The molecule has 0 saturated carbocycles. The Hall–Kier alpha value is -2.89. The number of aryl methyl sites for hydroxylation is 1. The molecule has 0 radical (unpaired) electrons. The molecule has 0 saturated heterocycles. The lowest BCUT2D eigenvalue weighted by atomic mass is 10.1. The second-order valence-electron chi connectivity index (χ2n) is 6.17. The lowest BCUT2D eigenvalue weighted by molar-refractivity contribution is 0.251. The standard InChI is InChI=1S/C21H29N3O3/c1-6-24(7-2)17-9-10-18(15(3)12-17)23-21(25)22-14-16-8-11-19(26-4)20(13-16)27-5/h8-13H,6-7,14H2,1-5H3,(H2,22,23,25). The minimum Gasteiger partial charge on any atom is -0.493 e. The Balaban J connectivity index is 1.98. The smallest absolute Gasteiger partial charge is 0.319 e. The van der Waals surface area contributed by atoms with Gasteiger partial charge in [0.25, 0.3) is 0 Å². The molecule has 0 unspecified atom stereocenters. The lowest BCUT2D eigenvalue weighted by Crippen LogP contribution is -2.28. The van der Waals surface area contributed by atoms with E-state index in [0.29, 0.717) is 18.0 Å². The van der Waals surface area contributed by atoms with Gasteiger partial charge in [0.1, 0.15) is 0 Å². The molecule has 0 bridgehead atoms. The molecule has 2 amide bonds. The molecule has 2 aromatic carbocycles. The molecule has 0 fully saturated rings. The Morgan fingerprint density at radius 1 is 1.00 bits per heavy atom. The monoisotopic (exact) mass is 371 g/mol. The number of benzene rings is 2. The van der Waals surface area contributed by atoms with Crippen LogP contribution in [0.1, 0.15) is 25.0 Å². The predicted octanol–water partition coefficient (Wildman–Crippen LogP) is 4.18. The van der Waals surface area contributed by atoms with Crippen molar-refractivity contribution in [3.8, 4) is 11.5 Å². The van der Waals surface area contributed by atoms with Crippen LogP contribution in [0.25, 0.3) is 0 Å². The molecule has 0 aromatic heterocycles. The number of hydrogen-bond acceptors (Lipinski definition) is 4. The van der Waals surface area contributed by atoms with Crippen LogP contribution in [0.5, 0.6) is 11.5 Å². The maximum absolute atomic E-state index is 12.3. The van der Waals surface area contributed by atoms with E-state index >= 15 is 0 Å². The Bertz CT molecular complexity index is 773. The van der Waals surface area contributed by atoms with E-state index in [1.54, 1.807) is 14.2 Å². The first-order chi connectivity index (χ1) is 13.0. The summed E-state index contributed by atoms with van der Waals surface area (Å²) in [4.78, 5) is 14.5. The zero-order valence-electron chi connectivity index (χ0n) is 16.8. The Morgan fingerprint density at radius 3 is 2.30 bits per heavy atom. The van der Waals surface area contributed by atoms with Gasteiger partial charge in [0, 0.05) is 31.0 Å². The van der Waals surface area contributed by atoms with Gasteiger partial charge in [-0.3, -0.25) is 0 Å². The number of amides is 2. The largest absolute Gasteiger partial charge is 0.493 e. The van der Waals surface area contributed by atoms with Gasteiger partial charge in [0.15, 0.2) is 11.5 Å². The van der Waals surface area contributed by atoms with E-state index in [9.17, 15) is 4.79 Å². The summed E-state index contributed by atoms with van der Waals surface area (Å²) in [5, 5.41) is 5.78. The normalized spacial score (nSPS) is 10.3. The minimum absolute atomic E-state index is 0.247. The third-order valence-electron chi connectivity index (χ3n) is 4.49. The first-order valence-corrected chi connectivity index (χ1v) is 9.13. The maximum Gasteiger partial charge on any atom is 0.319 e. The quantitative estimate of drug-likeness (QED) is 0.731. The van der Waals surface area contributed by atoms with Crippen LogP contribution in [0, 0.1) is 6.92 Å². The van der Waals surface area contributed by atoms with Crippen LogP contribution in [0.2, 0.25) is 0 Å². The molecule has 146 valence electrons. The van der Waals surface area contributed by atoms with Gasteiger partial charge >= 0.3 is 6.03 Å². The summed E-state index contributed by atoms with van der Waals surface area (Å²) in [6, 6.07) is 11.4. The highest BCUT2D eigenvalue weighted by Gasteiger charge is 2.09. The van der Waals surface area contributed by atoms with Crippen LogP contribution >= 0.6 is 0 Å². The maximum atomic E-state index is 12.3. The van der Waals surface area contributed by atoms with Crippen LogP contribution < -0.4 is 25.0 Å². The highest BCUT2D eigenvalue weighted by Crippen LogP contribution is 2.27. The highest BCUT2D eigenvalue weighted by atomic mass is 16.5. The van der Waals surface area contributed by atoms with Crippen molar-refractivity contribution in [1.29, 1.82) is 0 Å². The number of ether oxygens (including phenoxy) is 2. The summed E-state index contributed by atoms with van der Waals surface area (Å²) in [5.41, 5.74) is 3.92. The zero-order chi connectivity index (χ0) is 19.8. The summed E-state index contributed by atoms with van der Waals surface area (Å²) >= 11 is 0. The molecule has 2 N–H and O–H groups in total. The number of hydrogen-bond donors (Lipinski definition) is 2. The average molecular weight is 371 g/mol. The molecule has 6 heteroatoms. The van der Waals surface area contributed by atoms with Gasteiger partial charge in [-0.2, -0.15) is 0 Å². The van der Waals surface area contributed by atoms with Gasteiger partial charge in [-0.15, -0.1) is 0 Å². The van der Waals surface area contributed by atoms with Crippen molar-refractivity contribution in [2.24, 2.45) is 0 Å². The number of carbonyl (C=O) groups is 1. The number of methoxy groups -OCH3 is 2. The molecule has 0 aliphatic carbocycles. The van der Waals surface area contributed by atoms with Gasteiger partial charge in [0.2, 0.25) is 0 Å². The molecule has 2 rings (SSSR count). The zero-order valence-corrected chi connectivity index (χ0v) is 16.8. The van der Waals surface area contributed by atoms with Crippen molar-refractivity contribution in [3.05, 3.63) is 47.5 Å². The predicted molar refractivity (Wildman–Crippen MR) is 110 cm³/mol. The number of nitrogens with one attached hydrogen (secondary N) is 2. The molecule has 2 aromatic rings. The van der Waals surface area contributed by atoms with Gasteiger partial charge in [-0.05, 0) is 62.2 Å². The SMILES string of the molecule is CCN(CC)c1ccc(NC(=O)NCc2ccc(OC)c(OC)c2)c(C)c1. The van der Waals surface area contributed by atoms with Gasteiger partial charge < -0.3 is 25.0 Å². The van der Waals surface area contributed by atoms with E-state index in [1.807, 2.05) is 37.3 Å². The fourth-order valence-electron chi connectivity index (χ4n) is 2.91. The summed E-state index contributed by atoms with van der Waals surface area (Å²) in [5.74, 6) is 1.30. The van der Waals surface area contributed by atoms with Crippen LogP contribution in [0.4, 0.5) is 16.2 Å². The second-order valence-corrected chi connectivity index (χ2v) is 6.17. The molecule has 0 aliphatic heterocycles. The summed E-state index contributed by atoms with van der Waals surface area (Å²) < 4.78 is 10.5. The molecule has 27 heavy (non-hydrogen) atoms. The average Bonchev–Trinajstić information content (AvgIpc) is 2.69. The van der Waals surface area contributed by atoms with E-state index in [2.05, 4.69) is 35.4 Å². The molecule has 0 heterocycles. The van der Waals surface area contributed by atoms with Crippen LogP contribution in [-0.4, -0.2) is 33.3 Å². The third-order valence-corrected chi connectivity index (χ3v) is 4.49. The Kier molecular flexibility index (Phi) is 7.34. The molecule has 0 aliphatic rings. The molecular weight excluding hydrogens is 342 g/mol. The summed E-state index contributed by atoms with van der Waals surface area (Å²) in [7, 11) is 3.18. The molecule has 0 atom stereocenters. The lowest BCUT2D eigenvalue weighted by Gasteiger charge is -2.22. The van der Waals surface area contributed by atoms with E-state index < -0.39 is 0 Å². The number of urea groups is 1. The van der Waals surface area contributed by atoms with E-state index in [-0.39, 0.29) is 6.03 Å². The van der Waals surface area contributed by atoms with E-state index in [4.69, 9.17) is 9.47 Å². The first-order valence-electron chi connectivity index (χ1n) is 9.13. The van der Waals surface area contributed by atoms with Crippen LogP contribution in [0.3, 0.4) is 0 Å². The van der Waals surface area contributed by atoms with Crippen molar-refractivity contribution >= 4 is 17.4 Å². The van der Waals surface area contributed by atoms with Crippen molar-refractivity contribution < 1.29 is 14.3 Å². The topological polar surface area (TPSA) is 62.8 Å². The van der Waals surface area contributed by atoms with Crippen molar-refractivity contribution in [2.75, 3.05) is 37.5 Å². The van der Waals surface area contributed by atoms with Crippen molar-refractivity contribution in [2.45, 2.75) is 27.3 Å². The number of carbonyl (C=O) groups excluding carboxylic acids is 1.